The number of anilines is 1. The first-order valence-corrected chi connectivity index (χ1v) is 13.9. The molecule has 4 heterocycles. The molecule has 1 aliphatic heterocycles. The summed E-state index contributed by atoms with van der Waals surface area (Å²) < 4.78 is 6.18. The van der Waals surface area contributed by atoms with Crippen LogP contribution < -0.4 is 16.0 Å². The quantitative estimate of drug-likeness (QED) is 0.261. The number of ether oxygens (including phenoxy) is 1. The number of fused-ring (bicyclic) bond motifs is 2. The Morgan fingerprint density at radius 1 is 1.19 bits per heavy atom. The number of nitrogens with one attached hydrogen (secondary N) is 3. The molecule has 0 bridgehead atoms. The van der Waals surface area contributed by atoms with Gasteiger partial charge in [0, 0.05) is 67.1 Å². The smallest absolute Gasteiger partial charge is 0.226 e. The van der Waals surface area contributed by atoms with Gasteiger partial charge in [0.1, 0.15) is 10.0 Å². The van der Waals surface area contributed by atoms with E-state index in [1.54, 1.807) is 36.0 Å². The van der Waals surface area contributed by atoms with Crippen molar-refractivity contribution < 1.29 is 9.53 Å². The normalized spacial score (nSPS) is 17.3. The molecule has 9 heteroatoms. The number of hydrogen-bond donors (Lipinski definition) is 3. The number of carbonyl (C=O) groups excluding carboxylic acids is 1. The number of thiophene rings is 1. The second-order valence-electron chi connectivity index (χ2n) is 9.13. The van der Waals surface area contributed by atoms with Gasteiger partial charge in [-0.1, -0.05) is 12.1 Å². The summed E-state index contributed by atoms with van der Waals surface area (Å²) in [6.07, 6.45) is 4.99. The molecular formula is C27H31N5O2S2. The van der Waals surface area contributed by atoms with Gasteiger partial charge < -0.3 is 20.7 Å². The summed E-state index contributed by atoms with van der Waals surface area (Å²) in [6.45, 7) is 6.38. The second-order valence-corrected chi connectivity index (χ2v) is 11.2. The Kier molecular flexibility index (Phi) is 7.73. The van der Waals surface area contributed by atoms with Crippen LogP contribution >= 0.6 is 22.7 Å². The van der Waals surface area contributed by atoms with Crippen molar-refractivity contribution in [3.63, 3.8) is 0 Å². The topological polar surface area (TPSA) is 88.2 Å². The SMILES string of the molecule is COCCNCCC(=O)Nc1sc2c(c1-c1nc3ccc(-c4cccnc4)cc3s1)C[C@@H](C)N[C@@H]2C. The Labute approximate surface area is 219 Å². The molecule has 3 aromatic heterocycles. The summed E-state index contributed by atoms with van der Waals surface area (Å²) in [7, 11) is 1.67. The van der Waals surface area contributed by atoms with Crippen molar-refractivity contribution in [2.75, 3.05) is 32.1 Å². The van der Waals surface area contributed by atoms with Crippen LogP contribution in [-0.2, 0) is 16.0 Å². The molecule has 7 nitrogen and oxygen atoms in total. The van der Waals surface area contributed by atoms with Gasteiger partial charge in [-0.25, -0.2) is 4.98 Å². The van der Waals surface area contributed by atoms with Crippen LogP contribution in [0.1, 0.15) is 36.8 Å². The molecule has 0 fully saturated rings. The second kappa shape index (κ2) is 11.1. The number of carbonyl (C=O) groups is 1. The number of pyridine rings is 1. The average molecular weight is 522 g/mol. The fraction of sp³-hybridized carbons (Fsp3) is 0.370. The molecule has 0 aliphatic carbocycles. The maximum absolute atomic E-state index is 12.8. The summed E-state index contributed by atoms with van der Waals surface area (Å²) in [6, 6.07) is 11.0. The first kappa shape index (κ1) is 25.0. The number of hydrogen-bond acceptors (Lipinski definition) is 8. The summed E-state index contributed by atoms with van der Waals surface area (Å²) in [5, 5.41) is 12.0. The van der Waals surface area contributed by atoms with E-state index in [1.165, 1.54) is 10.4 Å². The van der Waals surface area contributed by atoms with Crippen LogP contribution in [0.3, 0.4) is 0 Å². The van der Waals surface area contributed by atoms with Gasteiger partial charge in [-0.2, -0.15) is 0 Å². The molecule has 1 aromatic carbocycles. The molecule has 0 saturated heterocycles. The van der Waals surface area contributed by atoms with Crippen molar-refractivity contribution >= 4 is 43.8 Å². The summed E-state index contributed by atoms with van der Waals surface area (Å²) >= 11 is 3.36. The van der Waals surface area contributed by atoms with Gasteiger partial charge in [0.15, 0.2) is 0 Å². The first-order valence-electron chi connectivity index (χ1n) is 12.3. The fourth-order valence-corrected chi connectivity index (χ4v) is 7.06. The van der Waals surface area contributed by atoms with E-state index in [0.29, 0.717) is 25.6 Å². The van der Waals surface area contributed by atoms with Crippen LogP contribution in [0.2, 0.25) is 0 Å². The highest BCUT2D eigenvalue weighted by Gasteiger charge is 2.30. The third-order valence-corrected chi connectivity index (χ3v) is 8.70. The molecule has 5 rings (SSSR count). The van der Waals surface area contributed by atoms with Gasteiger partial charge in [-0.3, -0.25) is 9.78 Å². The Morgan fingerprint density at radius 3 is 2.89 bits per heavy atom. The van der Waals surface area contributed by atoms with E-state index in [9.17, 15) is 4.79 Å². The molecule has 2 atom stereocenters. The lowest BCUT2D eigenvalue weighted by Crippen LogP contribution is -2.35. The molecule has 4 aromatic rings. The van der Waals surface area contributed by atoms with E-state index >= 15 is 0 Å². The van der Waals surface area contributed by atoms with Crippen molar-refractivity contribution in [2.24, 2.45) is 0 Å². The Balaban J connectivity index is 1.47. The van der Waals surface area contributed by atoms with E-state index in [0.717, 1.165) is 49.9 Å². The lowest BCUT2D eigenvalue weighted by Gasteiger charge is -2.26. The largest absolute Gasteiger partial charge is 0.383 e. The number of amides is 1. The van der Waals surface area contributed by atoms with E-state index in [4.69, 9.17) is 9.72 Å². The predicted octanol–water partition coefficient (Wildman–Crippen LogP) is 5.25. The van der Waals surface area contributed by atoms with Gasteiger partial charge in [0.25, 0.3) is 0 Å². The minimum atomic E-state index is 0.00778. The van der Waals surface area contributed by atoms with Crippen molar-refractivity contribution in [1.29, 1.82) is 0 Å². The lowest BCUT2D eigenvalue weighted by molar-refractivity contribution is -0.116. The standard InChI is InChI=1S/C27H31N5O2S2/c1-16-13-20-24(26-31-21-7-6-18(14-22(21)35-26)19-5-4-9-29-15-19)27(36-25(20)17(2)30-16)32-23(33)8-10-28-11-12-34-3/h4-7,9,14-17,28,30H,8,10-13H2,1-3H3,(H,32,33)/t16-,17-/m1/s1. The van der Waals surface area contributed by atoms with E-state index in [2.05, 4.69) is 59.0 Å². The molecular weight excluding hydrogens is 490 g/mol. The summed E-state index contributed by atoms with van der Waals surface area (Å²) in [5.74, 6) is 0.00778. The van der Waals surface area contributed by atoms with Crippen LogP contribution in [-0.4, -0.2) is 48.7 Å². The number of aromatic nitrogens is 2. The molecule has 1 aliphatic rings. The number of benzene rings is 1. The Bertz CT molecular complexity index is 1350. The van der Waals surface area contributed by atoms with Gasteiger partial charge in [-0.15, -0.1) is 22.7 Å². The monoisotopic (exact) mass is 521 g/mol. The minimum absolute atomic E-state index is 0.00778. The maximum atomic E-state index is 12.8. The molecule has 1 amide bonds. The van der Waals surface area contributed by atoms with Crippen LogP contribution in [0, 0.1) is 0 Å². The molecule has 36 heavy (non-hydrogen) atoms. The van der Waals surface area contributed by atoms with Crippen molar-refractivity contribution in [3.8, 4) is 21.7 Å². The molecule has 0 unspecified atom stereocenters. The van der Waals surface area contributed by atoms with Crippen molar-refractivity contribution in [1.82, 2.24) is 20.6 Å². The van der Waals surface area contributed by atoms with Crippen LogP contribution in [0.4, 0.5) is 5.00 Å². The molecule has 0 saturated carbocycles. The Morgan fingerprint density at radius 2 is 2.08 bits per heavy atom. The number of thiazole rings is 1. The predicted molar refractivity (Wildman–Crippen MR) is 149 cm³/mol. The molecule has 3 N–H and O–H groups in total. The number of nitrogens with zero attached hydrogens (tertiary/aromatic N) is 2. The number of rotatable bonds is 9. The zero-order valence-electron chi connectivity index (χ0n) is 20.8. The summed E-state index contributed by atoms with van der Waals surface area (Å²) in [5.41, 5.74) is 5.57. The van der Waals surface area contributed by atoms with Crippen molar-refractivity contribution in [3.05, 3.63) is 53.2 Å². The highest BCUT2D eigenvalue weighted by molar-refractivity contribution is 7.23. The highest BCUT2D eigenvalue weighted by Crippen LogP contribution is 2.47. The first-order chi connectivity index (χ1) is 17.5. The molecule has 188 valence electrons. The van der Waals surface area contributed by atoms with Crippen molar-refractivity contribution in [2.45, 2.75) is 38.8 Å². The minimum Gasteiger partial charge on any atom is -0.383 e. The van der Waals surface area contributed by atoms with Crippen LogP contribution in [0.15, 0.2) is 42.7 Å². The summed E-state index contributed by atoms with van der Waals surface area (Å²) in [4.78, 5) is 23.4. The zero-order chi connectivity index (χ0) is 25.1. The third kappa shape index (κ3) is 5.35. The van der Waals surface area contributed by atoms with Gasteiger partial charge in [0.2, 0.25) is 5.91 Å². The molecule has 0 spiro atoms. The fourth-order valence-electron chi connectivity index (χ4n) is 4.65. The van der Waals surface area contributed by atoms with Gasteiger partial charge >= 0.3 is 0 Å². The maximum Gasteiger partial charge on any atom is 0.226 e. The Hall–Kier alpha value is -2.69. The zero-order valence-corrected chi connectivity index (χ0v) is 22.4. The number of methoxy groups -OCH3 is 1. The van der Waals surface area contributed by atoms with E-state index < -0.39 is 0 Å². The molecule has 0 radical (unpaired) electrons. The average Bonchev–Trinajstić information content (AvgIpc) is 3.44. The van der Waals surface area contributed by atoms with Crippen LogP contribution in [0.25, 0.3) is 31.9 Å². The van der Waals surface area contributed by atoms with Gasteiger partial charge in [-0.05, 0) is 49.6 Å². The van der Waals surface area contributed by atoms with E-state index in [-0.39, 0.29) is 11.9 Å². The lowest BCUT2D eigenvalue weighted by atomic mass is 9.95. The van der Waals surface area contributed by atoms with E-state index in [1.807, 2.05) is 12.3 Å². The highest BCUT2D eigenvalue weighted by atomic mass is 32.1. The van der Waals surface area contributed by atoms with Crippen LogP contribution in [0.5, 0.6) is 0 Å². The third-order valence-electron chi connectivity index (χ3n) is 6.34. The van der Waals surface area contributed by atoms with Gasteiger partial charge in [0.05, 0.1) is 16.8 Å².